The second kappa shape index (κ2) is 5.38. The minimum Gasteiger partial charge on any atom is -0.378 e. The Bertz CT molecular complexity index is 225. The Balaban J connectivity index is 0.000001000. The van der Waals surface area contributed by atoms with E-state index in [1.807, 2.05) is 0 Å². The van der Waals surface area contributed by atoms with Crippen molar-refractivity contribution in [2.24, 2.45) is 0 Å². The largest absolute Gasteiger partial charge is 0.378 e. The summed E-state index contributed by atoms with van der Waals surface area (Å²) in [5, 5.41) is 2.46. The topological polar surface area (TPSA) is 42.0 Å². The summed E-state index contributed by atoms with van der Waals surface area (Å²) >= 11 is 0. The summed E-state index contributed by atoms with van der Waals surface area (Å²) in [4.78, 5) is 14.6. The van der Waals surface area contributed by atoms with Crippen LogP contribution in [0, 0.1) is 6.07 Å². The summed E-state index contributed by atoms with van der Waals surface area (Å²) in [6.07, 6.45) is 1.53. The van der Waals surface area contributed by atoms with Gasteiger partial charge in [0.05, 0.1) is 0 Å². The van der Waals surface area contributed by atoms with Crippen molar-refractivity contribution in [3.63, 3.8) is 0 Å². The van der Waals surface area contributed by atoms with Gasteiger partial charge in [0.2, 0.25) is 5.91 Å². The van der Waals surface area contributed by atoms with E-state index < -0.39 is 0 Å². The standard InChI is InChI=1S/C7H7N2O.Y/c1-8-7(10)6-4-2-3-5-9-6;/h3-5H,1H3,(H,8,10);/q-1;. The van der Waals surface area contributed by atoms with Gasteiger partial charge in [0.25, 0.3) is 0 Å². The van der Waals surface area contributed by atoms with Crippen LogP contribution in [0.3, 0.4) is 0 Å². The Morgan fingerprint density at radius 1 is 1.73 bits per heavy atom. The smallest absolute Gasteiger partial charge is 0.212 e. The minimum atomic E-state index is -0.183. The third-order valence-corrected chi connectivity index (χ3v) is 1.06. The van der Waals surface area contributed by atoms with Gasteiger partial charge >= 0.3 is 0 Å². The Hall–Kier alpha value is -0.276. The maximum atomic E-state index is 10.8. The summed E-state index contributed by atoms with van der Waals surface area (Å²) in [5.41, 5.74) is 0.394. The van der Waals surface area contributed by atoms with Crippen molar-refractivity contribution in [1.82, 2.24) is 10.3 Å². The normalized spacial score (nSPS) is 8.09. The molecule has 1 heterocycles. The molecule has 55 valence electrons. The number of carbonyl (C=O) groups is 1. The maximum Gasteiger partial charge on any atom is 0.212 e. The van der Waals surface area contributed by atoms with E-state index in [2.05, 4.69) is 16.4 Å². The Kier molecular flexibility index (Phi) is 5.25. The van der Waals surface area contributed by atoms with Crippen LogP contribution < -0.4 is 5.32 Å². The van der Waals surface area contributed by atoms with Gasteiger partial charge in [0.15, 0.2) is 0 Å². The van der Waals surface area contributed by atoms with Crippen LogP contribution in [0.5, 0.6) is 0 Å². The zero-order valence-corrected chi connectivity index (χ0v) is 9.00. The predicted octanol–water partition coefficient (Wildman–Crippen LogP) is 0.239. The summed E-state index contributed by atoms with van der Waals surface area (Å²) in [6.45, 7) is 0. The molecular weight excluding hydrogens is 217 g/mol. The molecule has 0 fully saturated rings. The zero-order chi connectivity index (χ0) is 7.40. The number of hydrogen-bond acceptors (Lipinski definition) is 2. The fraction of sp³-hybridized carbons (Fsp3) is 0.143. The van der Waals surface area contributed by atoms with Crippen LogP contribution in [0.25, 0.3) is 0 Å². The van der Waals surface area contributed by atoms with Gasteiger partial charge in [-0.2, -0.15) is 12.1 Å². The molecule has 1 aromatic rings. The number of nitrogens with one attached hydrogen (secondary N) is 1. The summed E-state index contributed by atoms with van der Waals surface area (Å²) in [7, 11) is 1.57. The van der Waals surface area contributed by atoms with Crippen LogP contribution in [-0.2, 0) is 32.7 Å². The zero-order valence-electron chi connectivity index (χ0n) is 6.16. The van der Waals surface area contributed by atoms with Crippen LogP contribution in [0.4, 0.5) is 0 Å². The van der Waals surface area contributed by atoms with Crippen LogP contribution in [0.2, 0.25) is 0 Å². The number of aromatic nitrogens is 1. The van der Waals surface area contributed by atoms with Crippen LogP contribution >= 0.6 is 0 Å². The van der Waals surface area contributed by atoms with Gasteiger partial charge in [-0.05, 0) is 0 Å². The Morgan fingerprint density at radius 3 is 2.91 bits per heavy atom. The molecule has 0 atom stereocenters. The van der Waals surface area contributed by atoms with Crippen LogP contribution in [-0.4, -0.2) is 17.9 Å². The third-order valence-electron chi connectivity index (χ3n) is 1.06. The molecule has 3 nitrogen and oxygen atoms in total. The van der Waals surface area contributed by atoms with Crippen molar-refractivity contribution in [3.8, 4) is 0 Å². The van der Waals surface area contributed by atoms with Gasteiger partial charge in [-0.1, -0.05) is 6.20 Å². The van der Waals surface area contributed by atoms with E-state index in [9.17, 15) is 4.79 Å². The van der Waals surface area contributed by atoms with E-state index in [1.165, 1.54) is 6.20 Å². The van der Waals surface area contributed by atoms with Gasteiger partial charge in [-0.15, -0.1) is 6.07 Å². The maximum absolute atomic E-state index is 10.8. The van der Waals surface area contributed by atoms with Gasteiger partial charge in [-0.25, -0.2) is 0 Å². The fourth-order valence-corrected chi connectivity index (χ4v) is 0.577. The van der Waals surface area contributed by atoms with Crippen LogP contribution in [0.1, 0.15) is 10.5 Å². The SMILES string of the molecule is CNC(=O)c1c[c-]ccn1.[Y]. The number of hydrogen-bond donors (Lipinski definition) is 1. The van der Waals surface area contributed by atoms with Gasteiger partial charge in [0.1, 0.15) is 0 Å². The fourth-order valence-electron chi connectivity index (χ4n) is 0.577. The van der Waals surface area contributed by atoms with Crippen molar-refractivity contribution in [2.45, 2.75) is 0 Å². The first-order chi connectivity index (χ1) is 4.84. The van der Waals surface area contributed by atoms with Crippen molar-refractivity contribution in [3.05, 3.63) is 30.1 Å². The second-order valence-electron chi connectivity index (χ2n) is 1.72. The van der Waals surface area contributed by atoms with Crippen molar-refractivity contribution >= 4 is 5.91 Å². The second-order valence-corrected chi connectivity index (χ2v) is 1.72. The number of amides is 1. The molecule has 0 unspecified atom stereocenters. The van der Waals surface area contributed by atoms with Gasteiger partial charge in [-0.3, -0.25) is 4.79 Å². The molecule has 11 heavy (non-hydrogen) atoms. The molecule has 0 aliphatic carbocycles. The molecule has 1 amide bonds. The summed E-state index contributed by atoms with van der Waals surface area (Å²) in [5.74, 6) is -0.183. The van der Waals surface area contributed by atoms with E-state index >= 15 is 0 Å². The number of pyridine rings is 1. The first-order valence-electron chi connectivity index (χ1n) is 2.89. The van der Waals surface area contributed by atoms with Crippen molar-refractivity contribution in [1.29, 1.82) is 0 Å². The average Bonchev–Trinajstić information content (AvgIpc) is 2.05. The van der Waals surface area contributed by atoms with Gasteiger partial charge in [0, 0.05) is 45.5 Å². The molecule has 0 aromatic carbocycles. The number of nitrogens with zero attached hydrogens (tertiary/aromatic N) is 1. The molecular formula is C7H7N2OY-. The quantitative estimate of drug-likeness (QED) is 0.694. The molecule has 1 radical (unpaired) electrons. The van der Waals surface area contributed by atoms with Crippen molar-refractivity contribution < 1.29 is 37.5 Å². The number of carbonyl (C=O) groups excluding carboxylic acids is 1. The first-order valence-corrected chi connectivity index (χ1v) is 2.89. The minimum absolute atomic E-state index is 0. The summed E-state index contributed by atoms with van der Waals surface area (Å²) < 4.78 is 0. The third kappa shape index (κ3) is 3.08. The van der Waals surface area contributed by atoms with E-state index in [0.29, 0.717) is 5.69 Å². The molecule has 0 bridgehead atoms. The molecule has 1 N–H and O–H groups in total. The Morgan fingerprint density at radius 2 is 2.45 bits per heavy atom. The molecule has 4 heteroatoms. The van der Waals surface area contributed by atoms with E-state index in [4.69, 9.17) is 0 Å². The summed E-state index contributed by atoms with van der Waals surface area (Å²) in [6, 6.07) is 5.94. The first kappa shape index (κ1) is 10.7. The molecule has 0 saturated heterocycles. The van der Waals surface area contributed by atoms with E-state index in [-0.39, 0.29) is 38.6 Å². The molecule has 1 rings (SSSR count). The van der Waals surface area contributed by atoms with Gasteiger partial charge < -0.3 is 10.3 Å². The van der Waals surface area contributed by atoms with E-state index in [1.54, 1.807) is 19.2 Å². The molecule has 0 aliphatic rings. The van der Waals surface area contributed by atoms with Crippen molar-refractivity contribution in [2.75, 3.05) is 7.05 Å². The van der Waals surface area contributed by atoms with E-state index in [0.717, 1.165) is 0 Å². The monoisotopic (exact) mass is 224 g/mol. The molecule has 1 aromatic heterocycles. The number of rotatable bonds is 1. The van der Waals surface area contributed by atoms with Crippen LogP contribution in [0.15, 0.2) is 18.3 Å². The molecule has 0 aliphatic heterocycles. The molecule has 0 saturated carbocycles. The predicted molar refractivity (Wildman–Crippen MR) is 36.5 cm³/mol. The molecule has 0 spiro atoms. The average molecular weight is 224 g/mol. The Labute approximate surface area is 90.5 Å².